The summed E-state index contributed by atoms with van der Waals surface area (Å²) in [7, 11) is 0. The highest BCUT2D eigenvalue weighted by Gasteiger charge is 2.22. The second-order valence-electron chi connectivity index (χ2n) is 5.21. The van der Waals surface area contributed by atoms with Crippen LogP contribution in [0.2, 0.25) is 0 Å². The zero-order valence-electron chi connectivity index (χ0n) is 10.6. The Balaban J connectivity index is 2.42. The fourth-order valence-corrected chi connectivity index (χ4v) is 1.56. The quantitative estimate of drug-likeness (QED) is 0.789. The van der Waals surface area contributed by atoms with Crippen LogP contribution in [-0.2, 0) is 11.2 Å². The molecule has 0 aromatic carbocycles. The molecule has 0 bridgehead atoms. The van der Waals surface area contributed by atoms with Crippen LogP contribution in [0, 0.1) is 12.3 Å². The lowest BCUT2D eigenvalue weighted by Crippen LogP contribution is -2.23. The van der Waals surface area contributed by atoms with E-state index in [9.17, 15) is 4.79 Å². The molecule has 0 radical (unpaired) electrons. The molecule has 0 saturated heterocycles. The highest BCUT2D eigenvalue weighted by molar-refractivity contribution is 5.85. The van der Waals surface area contributed by atoms with Gasteiger partial charge in [-0.3, -0.25) is 4.79 Å². The number of Topliss-reactive ketones (excluding diaryl/α,β-unsaturated/α-hetero) is 1. The van der Waals surface area contributed by atoms with E-state index in [-0.39, 0.29) is 11.2 Å². The van der Waals surface area contributed by atoms with Crippen LogP contribution in [0.1, 0.15) is 32.2 Å². The van der Waals surface area contributed by atoms with Crippen LogP contribution < -0.4 is 0 Å². The van der Waals surface area contributed by atoms with E-state index in [1.165, 1.54) is 6.33 Å². The largest absolute Gasteiger partial charge is 0.299 e. The predicted molar refractivity (Wildman–Crippen MR) is 63.7 cm³/mol. The van der Waals surface area contributed by atoms with E-state index in [1.54, 1.807) is 4.52 Å². The van der Waals surface area contributed by atoms with Gasteiger partial charge >= 0.3 is 0 Å². The number of hydrogen-bond donors (Lipinski definition) is 0. The van der Waals surface area contributed by atoms with Gasteiger partial charge in [-0.25, -0.2) is 9.50 Å². The number of nitrogens with zero attached hydrogens (tertiary/aromatic N) is 4. The zero-order valence-corrected chi connectivity index (χ0v) is 10.6. The maximum Gasteiger partial charge on any atom is 0.252 e. The summed E-state index contributed by atoms with van der Waals surface area (Å²) in [6.07, 6.45) is 1.81. The first-order valence-electron chi connectivity index (χ1n) is 5.57. The van der Waals surface area contributed by atoms with Gasteiger partial charge < -0.3 is 0 Å². The number of hydrogen-bond acceptors (Lipinski definition) is 4. The predicted octanol–water partition coefficient (Wildman–Crippen LogP) is 1.59. The van der Waals surface area contributed by atoms with Gasteiger partial charge in [0.1, 0.15) is 12.1 Å². The average molecular weight is 232 g/mol. The van der Waals surface area contributed by atoms with Crippen molar-refractivity contribution in [3.05, 3.63) is 23.8 Å². The minimum atomic E-state index is -0.343. The molecule has 2 aromatic heterocycles. The summed E-state index contributed by atoms with van der Waals surface area (Å²) < 4.78 is 1.62. The number of rotatable bonds is 2. The number of ketones is 1. The molecule has 2 aromatic rings. The van der Waals surface area contributed by atoms with E-state index in [0.717, 1.165) is 11.4 Å². The van der Waals surface area contributed by atoms with Gasteiger partial charge in [0.2, 0.25) is 0 Å². The first-order chi connectivity index (χ1) is 7.88. The summed E-state index contributed by atoms with van der Waals surface area (Å²) in [6.45, 7) is 7.64. The molecule has 0 fully saturated rings. The minimum Gasteiger partial charge on any atom is -0.299 e. The zero-order chi connectivity index (χ0) is 12.6. The van der Waals surface area contributed by atoms with Gasteiger partial charge in [0.25, 0.3) is 5.78 Å². The molecule has 0 spiro atoms. The molecule has 5 heteroatoms. The van der Waals surface area contributed by atoms with Gasteiger partial charge in [0.15, 0.2) is 0 Å². The van der Waals surface area contributed by atoms with Crippen molar-refractivity contribution in [2.75, 3.05) is 0 Å². The minimum absolute atomic E-state index is 0.180. The monoisotopic (exact) mass is 232 g/mol. The van der Waals surface area contributed by atoms with Gasteiger partial charge in [0.05, 0.1) is 5.69 Å². The second kappa shape index (κ2) is 3.91. The van der Waals surface area contributed by atoms with E-state index >= 15 is 0 Å². The normalized spacial score (nSPS) is 12.0. The van der Waals surface area contributed by atoms with E-state index in [1.807, 2.05) is 33.8 Å². The lowest BCUT2D eigenvalue weighted by molar-refractivity contribution is -0.125. The Bertz CT molecular complexity index is 565. The summed E-state index contributed by atoms with van der Waals surface area (Å²) >= 11 is 0. The molecular weight excluding hydrogens is 216 g/mol. The van der Waals surface area contributed by atoms with Crippen LogP contribution in [0.4, 0.5) is 0 Å². The summed E-state index contributed by atoms with van der Waals surface area (Å²) in [5, 5.41) is 4.09. The molecule has 0 aliphatic heterocycles. The highest BCUT2D eigenvalue weighted by atomic mass is 16.1. The van der Waals surface area contributed by atoms with Crippen LogP contribution in [0.3, 0.4) is 0 Å². The first kappa shape index (κ1) is 11.7. The van der Waals surface area contributed by atoms with Crippen molar-refractivity contribution in [2.24, 2.45) is 5.41 Å². The summed E-state index contributed by atoms with van der Waals surface area (Å²) in [4.78, 5) is 20.3. The van der Waals surface area contributed by atoms with Crippen molar-refractivity contribution >= 4 is 11.6 Å². The number of fused-ring (bicyclic) bond motifs is 1. The Morgan fingerprint density at radius 1 is 1.41 bits per heavy atom. The molecule has 0 aliphatic rings. The molecule has 17 heavy (non-hydrogen) atoms. The topological polar surface area (TPSA) is 60.2 Å². The Hall–Kier alpha value is -1.78. The van der Waals surface area contributed by atoms with Crippen molar-refractivity contribution in [3.8, 4) is 0 Å². The Labute approximate surface area is 99.9 Å². The standard InChI is InChI=1S/C12H16N4O/c1-8-5-9(6-10(17)12(2,3)4)16-11(15-8)13-7-14-16/h5,7H,6H2,1-4H3. The van der Waals surface area contributed by atoms with Crippen LogP contribution >= 0.6 is 0 Å². The van der Waals surface area contributed by atoms with Crippen molar-refractivity contribution < 1.29 is 4.79 Å². The fraction of sp³-hybridized carbons (Fsp3) is 0.500. The number of carbonyl (C=O) groups excluding carboxylic acids is 1. The molecule has 0 atom stereocenters. The molecule has 90 valence electrons. The van der Waals surface area contributed by atoms with Gasteiger partial charge in [-0.2, -0.15) is 10.1 Å². The molecule has 0 N–H and O–H groups in total. The molecule has 0 amide bonds. The maximum absolute atomic E-state index is 12.0. The van der Waals surface area contributed by atoms with Crippen molar-refractivity contribution in [2.45, 2.75) is 34.1 Å². The fourth-order valence-electron chi connectivity index (χ4n) is 1.56. The number of aromatic nitrogens is 4. The van der Waals surface area contributed by atoms with Gasteiger partial charge in [-0.1, -0.05) is 20.8 Å². The lowest BCUT2D eigenvalue weighted by atomic mass is 9.88. The van der Waals surface area contributed by atoms with E-state index < -0.39 is 0 Å². The number of aryl methyl sites for hydroxylation is 1. The second-order valence-corrected chi connectivity index (χ2v) is 5.21. The SMILES string of the molecule is Cc1cc(CC(=O)C(C)(C)C)n2ncnc2n1. The number of carbonyl (C=O) groups is 1. The smallest absolute Gasteiger partial charge is 0.252 e. The molecule has 2 heterocycles. The van der Waals surface area contributed by atoms with Crippen molar-refractivity contribution in [3.63, 3.8) is 0 Å². The third-order valence-corrected chi connectivity index (χ3v) is 2.63. The highest BCUT2D eigenvalue weighted by Crippen LogP contribution is 2.18. The molecule has 0 saturated carbocycles. The van der Waals surface area contributed by atoms with Gasteiger partial charge in [-0.05, 0) is 13.0 Å². The Morgan fingerprint density at radius 2 is 2.12 bits per heavy atom. The van der Waals surface area contributed by atoms with Crippen molar-refractivity contribution in [1.29, 1.82) is 0 Å². The molecule has 0 aliphatic carbocycles. The van der Waals surface area contributed by atoms with E-state index in [0.29, 0.717) is 12.2 Å². The average Bonchev–Trinajstić information content (AvgIpc) is 2.63. The molecule has 0 unspecified atom stereocenters. The third-order valence-electron chi connectivity index (χ3n) is 2.63. The lowest BCUT2D eigenvalue weighted by Gasteiger charge is -2.16. The van der Waals surface area contributed by atoms with E-state index in [4.69, 9.17) is 0 Å². The van der Waals surface area contributed by atoms with Gasteiger partial charge in [-0.15, -0.1) is 0 Å². The first-order valence-corrected chi connectivity index (χ1v) is 5.57. The van der Waals surface area contributed by atoms with Crippen LogP contribution in [-0.4, -0.2) is 25.4 Å². The summed E-state index contributed by atoms with van der Waals surface area (Å²) in [6, 6.07) is 1.88. The molecule has 5 nitrogen and oxygen atoms in total. The Morgan fingerprint density at radius 3 is 2.76 bits per heavy atom. The Kier molecular flexibility index (Phi) is 2.69. The third kappa shape index (κ3) is 2.33. The van der Waals surface area contributed by atoms with Gasteiger partial charge in [0, 0.05) is 17.5 Å². The van der Waals surface area contributed by atoms with Crippen molar-refractivity contribution in [1.82, 2.24) is 19.6 Å². The maximum atomic E-state index is 12.0. The summed E-state index contributed by atoms with van der Waals surface area (Å²) in [5.41, 5.74) is 1.34. The molecular formula is C12H16N4O. The van der Waals surface area contributed by atoms with E-state index in [2.05, 4.69) is 15.1 Å². The molecule has 2 rings (SSSR count). The van der Waals surface area contributed by atoms with Crippen LogP contribution in [0.25, 0.3) is 5.78 Å². The van der Waals surface area contributed by atoms with Crippen LogP contribution in [0.5, 0.6) is 0 Å². The van der Waals surface area contributed by atoms with Crippen LogP contribution in [0.15, 0.2) is 12.4 Å². The summed E-state index contributed by atoms with van der Waals surface area (Å²) in [5.74, 6) is 0.724.